The second-order valence-electron chi connectivity index (χ2n) is 4.85. The number of hydrogen-bond donors (Lipinski definition) is 0. The van der Waals surface area contributed by atoms with Gasteiger partial charge in [-0.05, 0) is 24.6 Å². The van der Waals surface area contributed by atoms with Gasteiger partial charge in [-0.3, -0.25) is 0 Å². The number of thiocyanates is 1. The van der Waals surface area contributed by atoms with E-state index >= 15 is 0 Å². The van der Waals surface area contributed by atoms with Crippen LogP contribution in [0.3, 0.4) is 0 Å². The third-order valence-electron chi connectivity index (χ3n) is 3.12. The molecule has 0 spiro atoms. The van der Waals surface area contributed by atoms with Crippen molar-refractivity contribution in [2.75, 3.05) is 12.4 Å². The van der Waals surface area contributed by atoms with E-state index in [1.165, 1.54) is 69.2 Å². The van der Waals surface area contributed by atoms with E-state index < -0.39 is 0 Å². The fraction of sp³-hybridized carbons (Fsp3) is 0.750. The highest BCUT2D eigenvalue weighted by molar-refractivity contribution is 8.03. The van der Waals surface area contributed by atoms with Crippen molar-refractivity contribution in [1.29, 1.82) is 5.26 Å². The molecule has 0 amide bonds. The summed E-state index contributed by atoms with van der Waals surface area (Å²) < 4.78 is 4.91. The maximum atomic E-state index is 10.8. The average molecular weight is 297 g/mol. The van der Waals surface area contributed by atoms with E-state index in [4.69, 9.17) is 10.00 Å². The topological polar surface area (TPSA) is 50.1 Å². The number of nitriles is 1. The molecule has 0 aromatic rings. The van der Waals surface area contributed by atoms with Gasteiger partial charge in [0.05, 0.1) is 6.61 Å². The van der Waals surface area contributed by atoms with Gasteiger partial charge in [-0.1, -0.05) is 57.9 Å². The number of esters is 1. The number of carbonyl (C=O) groups excluding carboxylic acids is 1. The van der Waals surface area contributed by atoms with Crippen LogP contribution in [0.1, 0.15) is 64.2 Å². The first-order valence-corrected chi connectivity index (χ1v) is 8.60. The lowest BCUT2D eigenvalue weighted by atomic mass is 10.1. The second kappa shape index (κ2) is 16.1. The third kappa shape index (κ3) is 15.1. The average Bonchev–Trinajstić information content (AvgIpc) is 2.47. The highest BCUT2D eigenvalue weighted by Crippen LogP contribution is 2.12. The van der Waals surface area contributed by atoms with Crippen molar-refractivity contribution in [2.45, 2.75) is 64.2 Å². The van der Waals surface area contributed by atoms with Crippen LogP contribution in [0.2, 0.25) is 0 Å². The van der Waals surface area contributed by atoms with Gasteiger partial charge in [0.2, 0.25) is 0 Å². The van der Waals surface area contributed by atoms with Crippen LogP contribution in [-0.2, 0) is 9.53 Å². The van der Waals surface area contributed by atoms with Crippen LogP contribution in [0.4, 0.5) is 0 Å². The Kier molecular flexibility index (Phi) is 15.3. The zero-order valence-corrected chi connectivity index (χ0v) is 13.3. The summed E-state index contributed by atoms with van der Waals surface area (Å²) in [5.41, 5.74) is 0. The number of thioether (sulfide) groups is 1. The Hall–Kier alpha value is -0.950. The molecule has 3 nitrogen and oxygen atoms in total. The van der Waals surface area contributed by atoms with Gasteiger partial charge in [0.15, 0.2) is 0 Å². The zero-order chi connectivity index (χ0) is 14.9. The van der Waals surface area contributed by atoms with Crippen LogP contribution in [-0.4, -0.2) is 18.3 Å². The minimum Gasteiger partial charge on any atom is -0.463 e. The fourth-order valence-corrected chi connectivity index (χ4v) is 2.41. The van der Waals surface area contributed by atoms with Gasteiger partial charge < -0.3 is 4.74 Å². The molecule has 0 N–H and O–H groups in total. The molecule has 0 atom stereocenters. The van der Waals surface area contributed by atoms with Crippen molar-refractivity contribution in [1.82, 2.24) is 0 Å². The lowest BCUT2D eigenvalue weighted by Crippen LogP contribution is -2.01. The highest BCUT2D eigenvalue weighted by Gasteiger charge is 1.96. The van der Waals surface area contributed by atoms with E-state index in [2.05, 4.69) is 12.0 Å². The molecule has 0 saturated heterocycles. The molecule has 0 rings (SSSR count). The van der Waals surface area contributed by atoms with Crippen molar-refractivity contribution < 1.29 is 9.53 Å². The van der Waals surface area contributed by atoms with Crippen molar-refractivity contribution in [3.8, 4) is 5.40 Å². The molecule has 0 unspecified atom stereocenters. The zero-order valence-electron chi connectivity index (χ0n) is 12.4. The normalized spacial score (nSPS) is 9.95. The molecule has 0 aromatic heterocycles. The summed E-state index contributed by atoms with van der Waals surface area (Å²) in [5.74, 6) is 0.658. The molecular formula is C16H27NO2S. The molecule has 0 radical (unpaired) electrons. The molecule has 0 heterocycles. The largest absolute Gasteiger partial charge is 0.463 e. The number of rotatable bonds is 14. The summed E-state index contributed by atoms with van der Waals surface area (Å²) in [7, 11) is 0. The van der Waals surface area contributed by atoms with E-state index in [1.807, 2.05) is 0 Å². The van der Waals surface area contributed by atoms with E-state index in [1.54, 1.807) is 0 Å². The number of unbranched alkanes of at least 4 members (excludes halogenated alkanes) is 9. The van der Waals surface area contributed by atoms with Gasteiger partial charge in [-0.2, -0.15) is 5.26 Å². The maximum absolute atomic E-state index is 10.8. The SMILES string of the molecule is C=CC(=O)OCCCCCCCCCCCCSC#N. The summed E-state index contributed by atoms with van der Waals surface area (Å²) in [4.78, 5) is 10.8. The van der Waals surface area contributed by atoms with Gasteiger partial charge >= 0.3 is 5.97 Å². The van der Waals surface area contributed by atoms with Gasteiger partial charge in [0.1, 0.15) is 5.40 Å². The summed E-state index contributed by atoms with van der Waals surface area (Å²) in [6.45, 7) is 3.87. The highest BCUT2D eigenvalue weighted by atomic mass is 32.2. The minimum absolute atomic E-state index is 0.321. The number of hydrogen-bond acceptors (Lipinski definition) is 4. The van der Waals surface area contributed by atoms with Crippen LogP contribution < -0.4 is 0 Å². The Labute approximate surface area is 127 Å². The minimum atomic E-state index is -0.321. The Balaban J connectivity index is 3.01. The van der Waals surface area contributed by atoms with Gasteiger partial charge in [0.25, 0.3) is 0 Å². The summed E-state index contributed by atoms with van der Waals surface area (Å²) >= 11 is 1.36. The van der Waals surface area contributed by atoms with Crippen molar-refractivity contribution >= 4 is 17.7 Å². The fourth-order valence-electron chi connectivity index (χ4n) is 1.97. The van der Waals surface area contributed by atoms with Gasteiger partial charge in [-0.25, -0.2) is 4.79 Å². The number of carbonyl (C=O) groups is 1. The third-order valence-corrected chi connectivity index (χ3v) is 3.74. The lowest BCUT2D eigenvalue weighted by molar-refractivity contribution is -0.137. The molecule has 4 heteroatoms. The molecule has 114 valence electrons. The van der Waals surface area contributed by atoms with Crippen LogP contribution in [0, 0.1) is 10.7 Å². The van der Waals surface area contributed by atoms with Gasteiger partial charge in [0, 0.05) is 11.8 Å². The molecular weight excluding hydrogens is 270 g/mol. The van der Waals surface area contributed by atoms with E-state index in [-0.39, 0.29) is 5.97 Å². The van der Waals surface area contributed by atoms with E-state index in [0.717, 1.165) is 18.6 Å². The molecule has 0 aliphatic carbocycles. The van der Waals surface area contributed by atoms with Crippen LogP contribution in [0.5, 0.6) is 0 Å². The quantitative estimate of drug-likeness (QED) is 0.199. The molecule has 0 fully saturated rings. The Morgan fingerprint density at radius 2 is 1.50 bits per heavy atom. The Morgan fingerprint density at radius 1 is 1.00 bits per heavy atom. The first kappa shape index (κ1) is 19.1. The predicted octanol–water partition coefficient (Wildman–Crippen LogP) is 4.83. The standard InChI is InChI=1S/C16H27NO2S/c1-2-16(18)19-13-11-9-7-5-3-4-6-8-10-12-14-20-15-17/h2H,1,3-14H2. The first-order chi connectivity index (χ1) is 9.81. The summed E-state index contributed by atoms with van der Waals surface area (Å²) in [6, 6.07) is 0. The molecule has 0 saturated carbocycles. The van der Waals surface area contributed by atoms with Crippen molar-refractivity contribution in [2.24, 2.45) is 0 Å². The van der Waals surface area contributed by atoms with Crippen LogP contribution in [0.25, 0.3) is 0 Å². The van der Waals surface area contributed by atoms with Crippen LogP contribution in [0.15, 0.2) is 12.7 Å². The molecule has 0 aliphatic rings. The summed E-state index contributed by atoms with van der Waals surface area (Å²) in [6.07, 6.45) is 13.5. The van der Waals surface area contributed by atoms with E-state index in [0.29, 0.717) is 6.61 Å². The number of ether oxygens (including phenoxy) is 1. The smallest absolute Gasteiger partial charge is 0.330 e. The monoisotopic (exact) mass is 297 g/mol. The van der Waals surface area contributed by atoms with Crippen molar-refractivity contribution in [3.05, 3.63) is 12.7 Å². The lowest BCUT2D eigenvalue weighted by Gasteiger charge is -2.03. The van der Waals surface area contributed by atoms with Crippen LogP contribution >= 0.6 is 11.8 Å². The van der Waals surface area contributed by atoms with Gasteiger partial charge in [-0.15, -0.1) is 0 Å². The second-order valence-corrected chi connectivity index (χ2v) is 5.73. The number of nitrogens with zero attached hydrogens (tertiary/aromatic N) is 1. The Bertz CT molecular complexity index is 287. The Morgan fingerprint density at radius 3 is 2.00 bits per heavy atom. The predicted molar refractivity (Wildman–Crippen MR) is 85.4 cm³/mol. The molecule has 0 aromatic carbocycles. The molecule has 20 heavy (non-hydrogen) atoms. The van der Waals surface area contributed by atoms with E-state index in [9.17, 15) is 4.79 Å². The first-order valence-electron chi connectivity index (χ1n) is 7.61. The molecule has 0 aliphatic heterocycles. The van der Waals surface area contributed by atoms with Crippen molar-refractivity contribution in [3.63, 3.8) is 0 Å². The maximum Gasteiger partial charge on any atom is 0.330 e. The molecule has 0 bridgehead atoms. The summed E-state index contributed by atoms with van der Waals surface area (Å²) in [5, 5.41) is 10.5.